The summed E-state index contributed by atoms with van der Waals surface area (Å²) in [5.74, 6) is 0.157. The molecule has 27 heavy (non-hydrogen) atoms. The summed E-state index contributed by atoms with van der Waals surface area (Å²) in [5.41, 5.74) is 3.03. The van der Waals surface area contributed by atoms with Crippen LogP contribution in [0.3, 0.4) is 0 Å². The van der Waals surface area contributed by atoms with Crippen molar-refractivity contribution in [3.05, 3.63) is 68.5 Å². The molecule has 1 aromatic heterocycles. The number of hydrogen-bond donors (Lipinski definition) is 1. The average molecular weight is 383 g/mol. The van der Waals surface area contributed by atoms with Crippen molar-refractivity contribution in [1.82, 2.24) is 4.57 Å². The van der Waals surface area contributed by atoms with Gasteiger partial charge in [-0.3, -0.25) is 9.59 Å². The highest BCUT2D eigenvalue weighted by molar-refractivity contribution is 6.35. The number of halogens is 1. The molecule has 0 radical (unpaired) electrons. The second-order valence-electron chi connectivity index (χ2n) is 6.99. The zero-order chi connectivity index (χ0) is 19.3. The van der Waals surface area contributed by atoms with Crippen LogP contribution in [0, 0.1) is 13.8 Å². The van der Waals surface area contributed by atoms with E-state index in [1.807, 2.05) is 43.5 Å². The molecule has 1 atom stereocenters. The lowest BCUT2D eigenvalue weighted by Gasteiger charge is -2.26. The lowest BCUT2D eigenvalue weighted by molar-refractivity contribution is 0.102. The summed E-state index contributed by atoms with van der Waals surface area (Å²) in [5, 5.41) is 3.47. The molecule has 0 aliphatic carbocycles. The van der Waals surface area contributed by atoms with Crippen LogP contribution < -0.4 is 15.5 Å². The molecular weight excluding hydrogens is 364 g/mol. The number of hydrogen-bond acceptors (Lipinski definition) is 3. The molecule has 138 valence electrons. The van der Waals surface area contributed by atoms with Gasteiger partial charge in [-0.15, -0.1) is 0 Å². The molecule has 1 N–H and O–H groups in total. The Kier molecular flexibility index (Phi) is 4.19. The number of amides is 1. The molecule has 0 unspecified atom stereocenters. The second-order valence-corrected chi connectivity index (χ2v) is 7.40. The van der Waals surface area contributed by atoms with E-state index in [2.05, 4.69) is 5.32 Å². The van der Waals surface area contributed by atoms with Gasteiger partial charge in [-0.1, -0.05) is 29.3 Å². The fourth-order valence-corrected chi connectivity index (χ4v) is 3.78. The molecule has 2 heterocycles. The molecular formula is C21H19ClN2O3. The number of ether oxygens (including phenoxy) is 1. The maximum Gasteiger partial charge on any atom is 0.261 e. The van der Waals surface area contributed by atoms with E-state index in [1.54, 1.807) is 18.3 Å². The van der Waals surface area contributed by atoms with Gasteiger partial charge in [0.15, 0.2) is 0 Å². The van der Waals surface area contributed by atoms with E-state index in [9.17, 15) is 9.59 Å². The lowest BCUT2D eigenvalue weighted by atomic mass is 10.1. The number of anilines is 1. The predicted octanol–water partition coefficient (Wildman–Crippen LogP) is 4.30. The number of pyridine rings is 1. The van der Waals surface area contributed by atoms with E-state index in [4.69, 9.17) is 16.3 Å². The first kappa shape index (κ1) is 17.6. The van der Waals surface area contributed by atoms with Crippen molar-refractivity contribution in [2.75, 3.05) is 5.32 Å². The van der Waals surface area contributed by atoms with E-state index >= 15 is 0 Å². The maximum atomic E-state index is 13.0. The quantitative estimate of drug-likeness (QED) is 0.718. The summed E-state index contributed by atoms with van der Waals surface area (Å²) >= 11 is 6.30. The van der Waals surface area contributed by atoms with Crippen molar-refractivity contribution >= 4 is 34.1 Å². The van der Waals surface area contributed by atoms with Crippen molar-refractivity contribution < 1.29 is 9.53 Å². The number of nitrogens with one attached hydrogen (secondary N) is 1. The minimum absolute atomic E-state index is 0.0654. The molecule has 0 saturated carbocycles. The molecule has 1 aliphatic heterocycles. The Morgan fingerprint density at radius 3 is 2.78 bits per heavy atom. The van der Waals surface area contributed by atoms with Gasteiger partial charge in [0.1, 0.15) is 17.4 Å². The normalized spacial score (nSPS) is 15.5. The Hall–Kier alpha value is -2.79. The van der Waals surface area contributed by atoms with Gasteiger partial charge in [0.2, 0.25) is 5.43 Å². The van der Waals surface area contributed by atoms with Gasteiger partial charge in [-0.2, -0.15) is 0 Å². The van der Waals surface area contributed by atoms with Crippen molar-refractivity contribution in [1.29, 1.82) is 0 Å². The van der Waals surface area contributed by atoms with Gasteiger partial charge in [0.05, 0.1) is 22.5 Å². The molecule has 0 bridgehead atoms. The Morgan fingerprint density at radius 2 is 2.04 bits per heavy atom. The zero-order valence-corrected chi connectivity index (χ0v) is 16.1. The van der Waals surface area contributed by atoms with Crippen LogP contribution in [-0.4, -0.2) is 16.6 Å². The molecule has 5 nitrogen and oxygen atoms in total. The van der Waals surface area contributed by atoms with Crippen LogP contribution in [-0.2, 0) is 6.54 Å². The summed E-state index contributed by atoms with van der Waals surface area (Å²) in [6.07, 6.45) is 1.53. The molecule has 0 saturated heterocycles. The monoisotopic (exact) mass is 382 g/mol. The first-order chi connectivity index (χ1) is 12.8. The number of nitrogens with zero attached hydrogens (tertiary/aromatic N) is 1. The molecule has 1 amide bonds. The number of aryl methyl sites for hydroxylation is 2. The molecule has 0 fully saturated rings. The Bertz CT molecular complexity index is 1150. The summed E-state index contributed by atoms with van der Waals surface area (Å²) < 4.78 is 7.70. The van der Waals surface area contributed by atoms with Crippen LogP contribution in [0.1, 0.15) is 28.4 Å². The Balaban J connectivity index is 1.85. The van der Waals surface area contributed by atoms with E-state index in [0.717, 1.165) is 11.1 Å². The van der Waals surface area contributed by atoms with E-state index in [1.165, 1.54) is 0 Å². The number of rotatable bonds is 2. The third-order valence-electron chi connectivity index (χ3n) is 4.79. The maximum absolute atomic E-state index is 13.0. The van der Waals surface area contributed by atoms with Crippen LogP contribution in [0.25, 0.3) is 10.9 Å². The molecule has 4 rings (SSSR count). The summed E-state index contributed by atoms with van der Waals surface area (Å²) in [6, 6.07) is 9.13. The van der Waals surface area contributed by atoms with Crippen LogP contribution in [0.5, 0.6) is 5.75 Å². The fraction of sp³-hybridized carbons (Fsp3) is 0.238. The van der Waals surface area contributed by atoms with Gasteiger partial charge < -0.3 is 14.6 Å². The zero-order valence-electron chi connectivity index (χ0n) is 15.3. The van der Waals surface area contributed by atoms with Gasteiger partial charge >= 0.3 is 0 Å². The Morgan fingerprint density at radius 1 is 1.26 bits per heavy atom. The minimum Gasteiger partial charge on any atom is -0.487 e. The number of carbonyl (C=O) groups is 1. The van der Waals surface area contributed by atoms with Crippen LogP contribution in [0.4, 0.5) is 5.69 Å². The molecule has 1 aliphatic rings. The third-order valence-corrected chi connectivity index (χ3v) is 5.11. The van der Waals surface area contributed by atoms with Crippen LogP contribution in [0.2, 0.25) is 5.02 Å². The number of benzene rings is 2. The standard InChI is InChI=1S/C21H19ClN2O3/c1-11-4-6-16(12(2)8-11)23-21(26)14-10-24-9-13(3)27-17-7-5-15(22)18(19(17)24)20(14)25/h4-8,10,13H,9H2,1-3H3,(H,23,26)/t13-/m1/s1. The van der Waals surface area contributed by atoms with Crippen molar-refractivity contribution in [3.8, 4) is 5.75 Å². The van der Waals surface area contributed by atoms with E-state index < -0.39 is 11.3 Å². The van der Waals surface area contributed by atoms with Crippen LogP contribution in [0.15, 0.2) is 41.3 Å². The third kappa shape index (κ3) is 2.98. The average Bonchev–Trinajstić information content (AvgIpc) is 2.61. The Labute approximate surface area is 161 Å². The van der Waals surface area contributed by atoms with Gasteiger partial charge in [-0.05, 0) is 44.5 Å². The van der Waals surface area contributed by atoms with Crippen molar-refractivity contribution in [2.45, 2.75) is 33.4 Å². The molecule has 3 aromatic rings. The fourth-order valence-electron chi connectivity index (χ4n) is 3.54. The topological polar surface area (TPSA) is 60.3 Å². The molecule has 6 heteroatoms. The second kappa shape index (κ2) is 6.43. The van der Waals surface area contributed by atoms with Gasteiger partial charge in [0.25, 0.3) is 5.91 Å². The van der Waals surface area contributed by atoms with Crippen molar-refractivity contribution in [2.24, 2.45) is 0 Å². The number of aromatic nitrogens is 1. The molecule has 2 aromatic carbocycles. The first-order valence-electron chi connectivity index (χ1n) is 8.76. The highest BCUT2D eigenvalue weighted by Crippen LogP contribution is 2.33. The first-order valence-corrected chi connectivity index (χ1v) is 9.14. The van der Waals surface area contributed by atoms with Crippen molar-refractivity contribution in [3.63, 3.8) is 0 Å². The van der Waals surface area contributed by atoms with E-state index in [0.29, 0.717) is 33.9 Å². The number of carbonyl (C=O) groups excluding carboxylic acids is 1. The summed E-state index contributed by atoms with van der Waals surface area (Å²) in [7, 11) is 0. The van der Waals surface area contributed by atoms with Gasteiger partial charge in [0, 0.05) is 11.9 Å². The van der Waals surface area contributed by atoms with Gasteiger partial charge in [-0.25, -0.2) is 0 Å². The lowest BCUT2D eigenvalue weighted by Crippen LogP contribution is -2.30. The minimum atomic E-state index is -0.446. The highest BCUT2D eigenvalue weighted by atomic mass is 35.5. The predicted molar refractivity (Wildman–Crippen MR) is 107 cm³/mol. The smallest absolute Gasteiger partial charge is 0.261 e. The SMILES string of the molecule is Cc1ccc(NC(=O)c2cn3c4c(ccc(Cl)c4c2=O)O[C@H](C)C3)c(C)c1. The molecule has 0 spiro atoms. The summed E-state index contributed by atoms with van der Waals surface area (Å²) in [6.45, 7) is 6.38. The highest BCUT2D eigenvalue weighted by Gasteiger charge is 2.24. The summed E-state index contributed by atoms with van der Waals surface area (Å²) in [4.78, 5) is 25.9. The largest absolute Gasteiger partial charge is 0.487 e. The van der Waals surface area contributed by atoms with Crippen LogP contribution >= 0.6 is 11.6 Å². The van der Waals surface area contributed by atoms with E-state index in [-0.39, 0.29) is 11.7 Å².